The van der Waals surface area contributed by atoms with Crippen molar-refractivity contribution in [1.82, 2.24) is 10.2 Å². The van der Waals surface area contributed by atoms with Crippen molar-refractivity contribution in [2.24, 2.45) is 0 Å². The lowest BCUT2D eigenvalue weighted by Crippen LogP contribution is -2.51. The zero-order chi connectivity index (χ0) is 22.9. The summed E-state index contributed by atoms with van der Waals surface area (Å²) in [6.45, 7) is 2.12. The minimum Gasteiger partial charge on any atom is -0.484 e. The molecule has 0 bridgehead atoms. The average molecular weight is 451 g/mol. The van der Waals surface area contributed by atoms with Crippen LogP contribution < -0.4 is 10.1 Å². The number of likely N-dealkylation sites (N-methyl/N-ethyl adjacent to an activating group) is 1. The molecule has 0 spiro atoms. The van der Waals surface area contributed by atoms with E-state index < -0.39 is 6.04 Å². The number of benzene rings is 3. The van der Waals surface area contributed by atoms with E-state index >= 15 is 0 Å². The van der Waals surface area contributed by atoms with Crippen LogP contribution in [0, 0.1) is 6.92 Å². The van der Waals surface area contributed by atoms with Crippen molar-refractivity contribution in [3.05, 3.63) is 101 Å². The fraction of sp³-hybridized carbons (Fsp3) is 0.231. The monoisotopic (exact) mass is 450 g/mol. The highest BCUT2D eigenvalue weighted by molar-refractivity contribution is 6.30. The first-order valence-corrected chi connectivity index (χ1v) is 10.8. The molecule has 6 heteroatoms. The first-order valence-electron chi connectivity index (χ1n) is 10.4. The predicted octanol–water partition coefficient (Wildman–Crippen LogP) is 4.41. The number of halogens is 1. The maximum absolute atomic E-state index is 13.3. The SMILES string of the molecule is CNC(=O)C(Cc1ccccc1)N(Cc1ccc(C)cc1)C(=O)COc1ccc(Cl)cc1. The van der Waals surface area contributed by atoms with E-state index in [2.05, 4.69) is 5.32 Å². The molecule has 1 atom stereocenters. The van der Waals surface area contributed by atoms with E-state index in [0.717, 1.165) is 16.7 Å². The molecule has 166 valence electrons. The Morgan fingerprint density at radius 2 is 1.59 bits per heavy atom. The Bertz CT molecular complexity index is 1020. The van der Waals surface area contributed by atoms with Crippen LogP contribution in [0.4, 0.5) is 0 Å². The molecular formula is C26H27ClN2O3. The summed E-state index contributed by atoms with van der Waals surface area (Å²) in [5.74, 6) is 0.0449. The Kier molecular flexibility index (Phi) is 8.28. The number of carbonyl (C=O) groups excluding carboxylic acids is 2. The van der Waals surface area contributed by atoms with E-state index in [1.165, 1.54) is 0 Å². The van der Waals surface area contributed by atoms with E-state index in [4.69, 9.17) is 16.3 Å². The van der Waals surface area contributed by atoms with Crippen LogP contribution in [0.3, 0.4) is 0 Å². The molecule has 5 nitrogen and oxygen atoms in total. The summed E-state index contributed by atoms with van der Waals surface area (Å²) in [7, 11) is 1.58. The maximum Gasteiger partial charge on any atom is 0.261 e. The molecule has 0 saturated carbocycles. The molecule has 0 fully saturated rings. The molecule has 0 radical (unpaired) electrons. The van der Waals surface area contributed by atoms with Gasteiger partial charge in [0.2, 0.25) is 5.91 Å². The van der Waals surface area contributed by atoms with Gasteiger partial charge in [-0.1, -0.05) is 71.8 Å². The topological polar surface area (TPSA) is 58.6 Å². The van der Waals surface area contributed by atoms with Gasteiger partial charge in [0.05, 0.1) is 0 Å². The van der Waals surface area contributed by atoms with Crippen molar-refractivity contribution >= 4 is 23.4 Å². The van der Waals surface area contributed by atoms with Crippen molar-refractivity contribution in [3.8, 4) is 5.75 Å². The summed E-state index contributed by atoms with van der Waals surface area (Å²) in [5.41, 5.74) is 3.05. The van der Waals surface area contributed by atoms with Crippen molar-refractivity contribution < 1.29 is 14.3 Å². The third-order valence-corrected chi connectivity index (χ3v) is 5.42. The van der Waals surface area contributed by atoms with Crippen LogP contribution >= 0.6 is 11.6 Å². The number of hydrogen-bond donors (Lipinski definition) is 1. The van der Waals surface area contributed by atoms with E-state index in [0.29, 0.717) is 23.7 Å². The Balaban J connectivity index is 1.85. The summed E-state index contributed by atoms with van der Waals surface area (Å²) in [6.07, 6.45) is 0.402. The zero-order valence-corrected chi connectivity index (χ0v) is 19.0. The molecule has 1 unspecified atom stereocenters. The van der Waals surface area contributed by atoms with Gasteiger partial charge < -0.3 is 15.0 Å². The van der Waals surface area contributed by atoms with Crippen LogP contribution in [0.25, 0.3) is 0 Å². The van der Waals surface area contributed by atoms with Gasteiger partial charge in [0, 0.05) is 25.0 Å². The van der Waals surface area contributed by atoms with Gasteiger partial charge in [0.1, 0.15) is 11.8 Å². The highest BCUT2D eigenvalue weighted by Crippen LogP contribution is 2.18. The van der Waals surface area contributed by atoms with Crippen LogP contribution in [0.2, 0.25) is 5.02 Å². The Hall–Kier alpha value is -3.31. The highest BCUT2D eigenvalue weighted by atomic mass is 35.5. The van der Waals surface area contributed by atoms with E-state index in [-0.39, 0.29) is 18.4 Å². The average Bonchev–Trinajstić information content (AvgIpc) is 2.82. The second-order valence-corrected chi connectivity index (χ2v) is 8.01. The number of carbonyl (C=O) groups is 2. The first-order chi connectivity index (χ1) is 15.5. The molecule has 32 heavy (non-hydrogen) atoms. The lowest BCUT2D eigenvalue weighted by molar-refractivity contribution is -0.142. The molecule has 3 aromatic rings. The molecule has 2 amide bonds. The molecule has 0 aromatic heterocycles. The molecule has 0 heterocycles. The second-order valence-electron chi connectivity index (χ2n) is 7.57. The summed E-state index contributed by atoms with van der Waals surface area (Å²) in [6, 6.07) is 23.8. The van der Waals surface area contributed by atoms with Crippen LogP contribution in [-0.2, 0) is 22.6 Å². The minimum atomic E-state index is -0.676. The fourth-order valence-corrected chi connectivity index (χ4v) is 3.50. The van der Waals surface area contributed by atoms with Gasteiger partial charge in [-0.05, 0) is 42.3 Å². The number of hydrogen-bond acceptors (Lipinski definition) is 3. The van der Waals surface area contributed by atoms with Gasteiger partial charge in [-0.2, -0.15) is 0 Å². The summed E-state index contributed by atoms with van der Waals surface area (Å²) >= 11 is 5.92. The Labute approximate surface area is 194 Å². The van der Waals surface area contributed by atoms with Gasteiger partial charge in [0.25, 0.3) is 5.91 Å². The number of rotatable bonds is 9. The third-order valence-electron chi connectivity index (χ3n) is 5.17. The predicted molar refractivity (Wildman–Crippen MR) is 127 cm³/mol. The van der Waals surface area contributed by atoms with E-state index in [9.17, 15) is 9.59 Å². The summed E-state index contributed by atoms with van der Waals surface area (Å²) in [5, 5.41) is 3.30. The van der Waals surface area contributed by atoms with Gasteiger partial charge in [-0.15, -0.1) is 0 Å². The number of aryl methyl sites for hydroxylation is 1. The molecule has 0 aliphatic carbocycles. The van der Waals surface area contributed by atoms with Gasteiger partial charge in [-0.3, -0.25) is 9.59 Å². The van der Waals surface area contributed by atoms with E-state index in [1.54, 1.807) is 36.2 Å². The largest absolute Gasteiger partial charge is 0.484 e. The third kappa shape index (κ3) is 6.59. The maximum atomic E-state index is 13.3. The van der Waals surface area contributed by atoms with Gasteiger partial charge in [-0.25, -0.2) is 0 Å². The van der Waals surface area contributed by atoms with E-state index in [1.807, 2.05) is 61.5 Å². The fourth-order valence-electron chi connectivity index (χ4n) is 3.37. The lowest BCUT2D eigenvalue weighted by atomic mass is 10.0. The minimum absolute atomic E-state index is 0.185. The van der Waals surface area contributed by atoms with Crippen LogP contribution in [0.15, 0.2) is 78.9 Å². The number of ether oxygens (including phenoxy) is 1. The first kappa shape index (κ1) is 23.4. The van der Waals surface area contributed by atoms with Gasteiger partial charge in [0.15, 0.2) is 6.61 Å². The van der Waals surface area contributed by atoms with Crippen LogP contribution in [0.5, 0.6) is 5.75 Å². The van der Waals surface area contributed by atoms with Crippen molar-refractivity contribution in [1.29, 1.82) is 0 Å². The molecule has 0 aliphatic heterocycles. The van der Waals surface area contributed by atoms with Crippen molar-refractivity contribution in [2.45, 2.75) is 25.9 Å². The second kappa shape index (κ2) is 11.3. The normalized spacial score (nSPS) is 11.5. The molecular weight excluding hydrogens is 424 g/mol. The van der Waals surface area contributed by atoms with Crippen molar-refractivity contribution in [2.75, 3.05) is 13.7 Å². The highest BCUT2D eigenvalue weighted by Gasteiger charge is 2.30. The number of nitrogens with one attached hydrogen (secondary N) is 1. The van der Waals surface area contributed by atoms with Gasteiger partial charge >= 0.3 is 0 Å². The standard InChI is InChI=1S/C26H27ClN2O3/c1-19-8-10-21(11-9-19)17-29(25(30)18-32-23-14-12-22(27)13-15-23)24(26(31)28-2)16-20-6-4-3-5-7-20/h3-15,24H,16-18H2,1-2H3,(H,28,31). The Morgan fingerprint density at radius 3 is 2.22 bits per heavy atom. The van der Waals surface area contributed by atoms with Crippen LogP contribution in [-0.4, -0.2) is 36.4 Å². The quantitative estimate of drug-likeness (QED) is 0.525. The van der Waals surface area contributed by atoms with Crippen molar-refractivity contribution in [3.63, 3.8) is 0 Å². The molecule has 3 rings (SSSR count). The zero-order valence-electron chi connectivity index (χ0n) is 18.3. The summed E-state index contributed by atoms with van der Waals surface area (Å²) < 4.78 is 5.69. The molecule has 3 aromatic carbocycles. The number of nitrogens with zero attached hydrogens (tertiary/aromatic N) is 1. The molecule has 1 N–H and O–H groups in total. The smallest absolute Gasteiger partial charge is 0.261 e. The van der Waals surface area contributed by atoms with Crippen LogP contribution in [0.1, 0.15) is 16.7 Å². The summed E-state index contributed by atoms with van der Waals surface area (Å²) in [4.78, 5) is 27.7. The number of amides is 2. The molecule has 0 saturated heterocycles. The molecule has 0 aliphatic rings. The Morgan fingerprint density at radius 1 is 0.938 bits per heavy atom. The lowest BCUT2D eigenvalue weighted by Gasteiger charge is -2.31.